The van der Waals surface area contributed by atoms with E-state index >= 15 is 0 Å². The number of rotatable bonds is 2. The van der Waals surface area contributed by atoms with Crippen LogP contribution in [0.25, 0.3) is 0 Å². The highest BCUT2D eigenvalue weighted by molar-refractivity contribution is 5.99. The molecule has 0 bridgehead atoms. The Bertz CT molecular complexity index is 406. The first-order valence-electron chi connectivity index (χ1n) is 5.96. The van der Waals surface area contributed by atoms with E-state index in [0.29, 0.717) is 12.1 Å². The summed E-state index contributed by atoms with van der Waals surface area (Å²) in [6, 6.07) is 7.45. The van der Waals surface area contributed by atoms with Crippen molar-refractivity contribution in [3.8, 4) is 0 Å². The molecule has 1 aliphatic rings. The second-order valence-corrected chi connectivity index (χ2v) is 4.34. The normalized spacial score (nSPS) is 20.1. The smallest absolute Gasteiger partial charge is 0.256 e. The van der Waals surface area contributed by atoms with Crippen LogP contribution in [0.2, 0.25) is 0 Å². The molecule has 0 aromatic heterocycles. The van der Waals surface area contributed by atoms with Crippen LogP contribution in [0.5, 0.6) is 0 Å². The number of aliphatic hydroxyl groups excluding tert-OH is 1. The van der Waals surface area contributed by atoms with Gasteiger partial charge in [-0.25, -0.2) is 0 Å². The molecule has 92 valence electrons. The second-order valence-electron chi connectivity index (χ2n) is 4.34. The summed E-state index contributed by atoms with van der Waals surface area (Å²) in [5.41, 5.74) is 1.50. The number of nitrogens with zero attached hydrogens (tertiary/aromatic N) is 1. The molecule has 4 nitrogen and oxygen atoms in total. The van der Waals surface area contributed by atoms with Gasteiger partial charge in [0.2, 0.25) is 0 Å². The number of likely N-dealkylation sites (tertiary alicyclic amines) is 1. The monoisotopic (exact) mass is 234 g/mol. The number of carbonyl (C=O) groups is 1. The van der Waals surface area contributed by atoms with Gasteiger partial charge in [-0.3, -0.25) is 4.79 Å². The van der Waals surface area contributed by atoms with E-state index in [1.165, 1.54) is 0 Å². The average Bonchev–Trinajstić information content (AvgIpc) is 2.38. The molecular weight excluding hydrogens is 216 g/mol. The molecule has 1 saturated heterocycles. The Morgan fingerprint density at radius 2 is 2.24 bits per heavy atom. The van der Waals surface area contributed by atoms with Gasteiger partial charge in [0.25, 0.3) is 5.91 Å². The summed E-state index contributed by atoms with van der Waals surface area (Å²) in [6.07, 6.45) is 1.28. The maximum atomic E-state index is 12.3. The standard InChI is InChI=1S/C13H18N2O2/c1-14-12-7-3-2-6-11(12)13(17)15-8-4-5-10(16)9-15/h2-3,6-7,10,14,16H,4-5,8-9H2,1H3. The zero-order valence-corrected chi connectivity index (χ0v) is 10.0. The minimum Gasteiger partial charge on any atom is -0.391 e. The Labute approximate surface area is 101 Å². The summed E-state index contributed by atoms with van der Waals surface area (Å²) in [4.78, 5) is 14.0. The molecule has 17 heavy (non-hydrogen) atoms. The molecule has 2 N–H and O–H groups in total. The van der Waals surface area contributed by atoms with Crippen LogP contribution in [0.15, 0.2) is 24.3 Å². The fourth-order valence-electron chi connectivity index (χ4n) is 2.20. The fraction of sp³-hybridized carbons (Fsp3) is 0.462. The molecule has 1 fully saturated rings. The number of aliphatic hydroxyl groups is 1. The first kappa shape index (κ1) is 11.9. The third-order valence-electron chi connectivity index (χ3n) is 3.11. The fourth-order valence-corrected chi connectivity index (χ4v) is 2.20. The van der Waals surface area contributed by atoms with Gasteiger partial charge in [0.1, 0.15) is 0 Å². The molecule has 1 unspecified atom stereocenters. The number of para-hydroxylation sites is 1. The van der Waals surface area contributed by atoms with E-state index in [0.717, 1.165) is 25.1 Å². The first-order chi connectivity index (χ1) is 8.22. The molecule has 4 heteroatoms. The molecule has 0 saturated carbocycles. The summed E-state index contributed by atoms with van der Waals surface area (Å²) in [7, 11) is 1.80. The highest BCUT2D eigenvalue weighted by Gasteiger charge is 2.24. The van der Waals surface area contributed by atoms with E-state index in [1.807, 2.05) is 24.3 Å². The molecule has 0 radical (unpaired) electrons. The van der Waals surface area contributed by atoms with Crippen LogP contribution in [0.3, 0.4) is 0 Å². The minimum absolute atomic E-state index is 0.00583. The summed E-state index contributed by atoms with van der Waals surface area (Å²) in [5.74, 6) is -0.00583. The number of β-amino-alcohol motifs (C(OH)–C–C–N with tert-alkyl or cyclic N) is 1. The van der Waals surface area contributed by atoms with Gasteiger partial charge in [-0.2, -0.15) is 0 Å². The number of anilines is 1. The van der Waals surface area contributed by atoms with Gasteiger partial charge >= 0.3 is 0 Å². The van der Waals surface area contributed by atoms with Crippen molar-refractivity contribution in [1.82, 2.24) is 4.90 Å². The summed E-state index contributed by atoms with van der Waals surface area (Å²) in [6.45, 7) is 1.17. The Balaban J connectivity index is 2.18. The lowest BCUT2D eigenvalue weighted by molar-refractivity contribution is 0.0474. The molecule has 1 amide bonds. The van der Waals surface area contributed by atoms with Gasteiger partial charge in [0.05, 0.1) is 11.7 Å². The van der Waals surface area contributed by atoms with Crippen molar-refractivity contribution >= 4 is 11.6 Å². The van der Waals surface area contributed by atoms with E-state index in [2.05, 4.69) is 5.32 Å². The van der Waals surface area contributed by atoms with E-state index in [1.54, 1.807) is 11.9 Å². The van der Waals surface area contributed by atoms with Crippen molar-refractivity contribution in [3.05, 3.63) is 29.8 Å². The zero-order valence-electron chi connectivity index (χ0n) is 10.0. The molecule has 1 aromatic carbocycles. The highest BCUT2D eigenvalue weighted by Crippen LogP contribution is 2.19. The Hall–Kier alpha value is -1.55. The molecule has 2 rings (SSSR count). The van der Waals surface area contributed by atoms with Gasteiger partial charge in [0.15, 0.2) is 0 Å². The van der Waals surface area contributed by atoms with Crippen LogP contribution in [-0.4, -0.2) is 42.2 Å². The zero-order chi connectivity index (χ0) is 12.3. The van der Waals surface area contributed by atoms with Gasteiger partial charge < -0.3 is 15.3 Å². The number of benzene rings is 1. The Morgan fingerprint density at radius 1 is 1.47 bits per heavy atom. The number of nitrogens with one attached hydrogen (secondary N) is 1. The van der Waals surface area contributed by atoms with Crippen LogP contribution in [-0.2, 0) is 0 Å². The van der Waals surface area contributed by atoms with Crippen LogP contribution in [0.1, 0.15) is 23.2 Å². The number of amides is 1. The number of hydrogen-bond donors (Lipinski definition) is 2. The van der Waals surface area contributed by atoms with Crippen molar-refractivity contribution in [2.75, 3.05) is 25.5 Å². The van der Waals surface area contributed by atoms with Crippen LogP contribution < -0.4 is 5.32 Å². The maximum absolute atomic E-state index is 12.3. The van der Waals surface area contributed by atoms with Crippen LogP contribution in [0, 0.1) is 0 Å². The lowest BCUT2D eigenvalue weighted by Gasteiger charge is -2.30. The predicted octanol–water partition coefficient (Wildman–Crippen LogP) is 1.33. The average molecular weight is 234 g/mol. The second kappa shape index (κ2) is 5.19. The van der Waals surface area contributed by atoms with Crippen molar-refractivity contribution in [2.45, 2.75) is 18.9 Å². The highest BCUT2D eigenvalue weighted by atomic mass is 16.3. The van der Waals surface area contributed by atoms with E-state index < -0.39 is 0 Å². The van der Waals surface area contributed by atoms with Crippen molar-refractivity contribution in [3.63, 3.8) is 0 Å². The molecule has 1 atom stereocenters. The largest absolute Gasteiger partial charge is 0.391 e. The summed E-state index contributed by atoms with van der Waals surface area (Å²) in [5, 5.41) is 12.6. The van der Waals surface area contributed by atoms with E-state index in [-0.39, 0.29) is 12.0 Å². The topological polar surface area (TPSA) is 52.6 Å². The first-order valence-corrected chi connectivity index (χ1v) is 5.96. The van der Waals surface area contributed by atoms with E-state index in [4.69, 9.17) is 0 Å². The van der Waals surface area contributed by atoms with Gasteiger partial charge in [0, 0.05) is 25.8 Å². The molecule has 0 aliphatic carbocycles. The molecule has 1 aromatic rings. The third-order valence-corrected chi connectivity index (χ3v) is 3.11. The Morgan fingerprint density at radius 3 is 2.94 bits per heavy atom. The predicted molar refractivity (Wildman–Crippen MR) is 67.1 cm³/mol. The number of carbonyl (C=O) groups excluding carboxylic acids is 1. The third kappa shape index (κ3) is 2.58. The Kier molecular flexibility index (Phi) is 3.64. The molecule has 1 heterocycles. The quantitative estimate of drug-likeness (QED) is 0.811. The van der Waals surface area contributed by atoms with Crippen molar-refractivity contribution in [2.24, 2.45) is 0 Å². The van der Waals surface area contributed by atoms with Crippen LogP contribution >= 0.6 is 0 Å². The van der Waals surface area contributed by atoms with E-state index in [9.17, 15) is 9.90 Å². The van der Waals surface area contributed by atoms with Crippen LogP contribution in [0.4, 0.5) is 5.69 Å². The molecule has 0 spiro atoms. The lowest BCUT2D eigenvalue weighted by atomic mass is 10.1. The van der Waals surface area contributed by atoms with Crippen molar-refractivity contribution < 1.29 is 9.90 Å². The SMILES string of the molecule is CNc1ccccc1C(=O)N1CCCC(O)C1. The molecular formula is C13H18N2O2. The van der Waals surface area contributed by atoms with Gasteiger partial charge in [-0.1, -0.05) is 12.1 Å². The summed E-state index contributed by atoms with van der Waals surface area (Å²) < 4.78 is 0. The minimum atomic E-state index is -0.380. The number of piperidine rings is 1. The lowest BCUT2D eigenvalue weighted by Crippen LogP contribution is -2.42. The molecule has 1 aliphatic heterocycles. The van der Waals surface area contributed by atoms with Crippen molar-refractivity contribution in [1.29, 1.82) is 0 Å². The number of hydrogen-bond acceptors (Lipinski definition) is 3. The van der Waals surface area contributed by atoms with Gasteiger partial charge in [-0.05, 0) is 25.0 Å². The summed E-state index contributed by atoms with van der Waals surface area (Å²) >= 11 is 0. The van der Waals surface area contributed by atoms with Gasteiger partial charge in [-0.15, -0.1) is 0 Å². The maximum Gasteiger partial charge on any atom is 0.256 e.